The molecular formula is C36H26O4S. The monoisotopic (exact) mass is 554 g/mol. The lowest BCUT2D eigenvalue weighted by Gasteiger charge is -2.18. The van der Waals surface area contributed by atoms with Crippen LogP contribution in [0.3, 0.4) is 0 Å². The van der Waals surface area contributed by atoms with Gasteiger partial charge in [-0.15, -0.1) is 0 Å². The Morgan fingerprint density at radius 1 is 0.341 bits per heavy atom. The third-order valence-corrected chi connectivity index (χ3v) is 8.52. The fourth-order valence-corrected chi connectivity index (χ4v) is 6.44. The van der Waals surface area contributed by atoms with Crippen LogP contribution in [-0.2, 0) is 9.84 Å². The minimum Gasteiger partial charge on any atom is -0.457 e. The van der Waals surface area contributed by atoms with E-state index in [0.717, 1.165) is 0 Å². The van der Waals surface area contributed by atoms with Crippen molar-refractivity contribution in [2.24, 2.45) is 0 Å². The van der Waals surface area contributed by atoms with Gasteiger partial charge in [0.1, 0.15) is 23.0 Å². The first-order chi connectivity index (χ1) is 20.1. The molecule has 0 aliphatic rings. The van der Waals surface area contributed by atoms with Gasteiger partial charge in [-0.2, -0.15) is 0 Å². The van der Waals surface area contributed by atoms with Gasteiger partial charge in [-0.05, 0) is 48.5 Å². The van der Waals surface area contributed by atoms with Crippen LogP contribution in [0.25, 0.3) is 22.3 Å². The molecule has 0 saturated carbocycles. The quantitative estimate of drug-likeness (QED) is 0.188. The highest BCUT2D eigenvalue weighted by molar-refractivity contribution is 7.91. The molecule has 4 nitrogen and oxygen atoms in total. The minimum absolute atomic E-state index is 0.193. The molecule has 0 amide bonds. The second-order valence-corrected chi connectivity index (χ2v) is 11.2. The molecule has 0 aliphatic heterocycles. The summed E-state index contributed by atoms with van der Waals surface area (Å²) in [6.45, 7) is 0. The van der Waals surface area contributed by atoms with Crippen LogP contribution < -0.4 is 9.47 Å². The summed E-state index contributed by atoms with van der Waals surface area (Å²) in [7, 11) is -3.99. The topological polar surface area (TPSA) is 52.6 Å². The molecule has 0 aliphatic carbocycles. The molecule has 0 unspecified atom stereocenters. The van der Waals surface area contributed by atoms with Crippen molar-refractivity contribution in [1.82, 2.24) is 0 Å². The van der Waals surface area contributed by atoms with Crippen LogP contribution in [0.1, 0.15) is 0 Å². The summed E-state index contributed by atoms with van der Waals surface area (Å²) in [6.07, 6.45) is 0. The summed E-state index contributed by atoms with van der Waals surface area (Å²) in [5, 5.41) is 0. The molecule has 0 N–H and O–H groups in total. The third kappa shape index (κ3) is 5.49. The predicted octanol–water partition coefficient (Wildman–Crippen LogP) is 9.44. The van der Waals surface area contributed by atoms with Gasteiger partial charge in [0.2, 0.25) is 9.84 Å². The summed E-state index contributed by atoms with van der Waals surface area (Å²) >= 11 is 0. The molecule has 0 radical (unpaired) electrons. The SMILES string of the molecule is O=S(=O)(c1ccccc1-c1ccccc1Oc1ccccc1)c1ccccc1-c1ccccc1Oc1ccccc1. The molecule has 0 fully saturated rings. The van der Waals surface area contributed by atoms with Crippen LogP contribution in [0.5, 0.6) is 23.0 Å². The van der Waals surface area contributed by atoms with E-state index in [4.69, 9.17) is 9.47 Å². The highest BCUT2D eigenvalue weighted by Crippen LogP contribution is 2.42. The van der Waals surface area contributed by atoms with Crippen molar-refractivity contribution < 1.29 is 17.9 Å². The second-order valence-electron chi connectivity index (χ2n) is 9.32. The Bertz CT molecular complexity index is 1770. The minimum atomic E-state index is -3.99. The molecule has 6 aromatic rings. The molecule has 0 spiro atoms. The highest BCUT2D eigenvalue weighted by Gasteiger charge is 2.27. The molecule has 0 heterocycles. The lowest BCUT2D eigenvalue weighted by molar-refractivity contribution is 0.484. The van der Waals surface area contributed by atoms with Gasteiger partial charge in [-0.25, -0.2) is 8.42 Å². The Morgan fingerprint density at radius 3 is 1.07 bits per heavy atom. The zero-order chi connectivity index (χ0) is 28.1. The van der Waals surface area contributed by atoms with E-state index in [1.807, 2.05) is 133 Å². The van der Waals surface area contributed by atoms with Crippen molar-refractivity contribution in [3.63, 3.8) is 0 Å². The van der Waals surface area contributed by atoms with E-state index >= 15 is 0 Å². The van der Waals surface area contributed by atoms with Gasteiger partial charge in [0.25, 0.3) is 0 Å². The number of hydrogen-bond acceptors (Lipinski definition) is 4. The van der Waals surface area contributed by atoms with Gasteiger partial charge >= 0.3 is 0 Å². The van der Waals surface area contributed by atoms with E-state index in [0.29, 0.717) is 45.3 Å². The number of benzene rings is 6. The average molecular weight is 555 g/mol. The number of rotatable bonds is 8. The maximum atomic E-state index is 14.5. The van der Waals surface area contributed by atoms with Crippen LogP contribution in [-0.4, -0.2) is 8.42 Å². The summed E-state index contributed by atoms with van der Waals surface area (Å²) in [6, 6.07) is 47.9. The smallest absolute Gasteiger partial charge is 0.207 e. The van der Waals surface area contributed by atoms with Gasteiger partial charge in [0, 0.05) is 22.3 Å². The zero-order valence-corrected chi connectivity index (χ0v) is 22.9. The number of sulfone groups is 1. The predicted molar refractivity (Wildman–Crippen MR) is 162 cm³/mol. The van der Waals surface area contributed by atoms with E-state index in [2.05, 4.69) is 0 Å². The fraction of sp³-hybridized carbons (Fsp3) is 0. The summed E-state index contributed by atoms with van der Waals surface area (Å²) in [5.41, 5.74) is 2.48. The maximum absolute atomic E-state index is 14.5. The van der Waals surface area contributed by atoms with Gasteiger partial charge < -0.3 is 9.47 Å². The van der Waals surface area contributed by atoms with Crippen molar-refractivity contribution in [1.29, 1.82) is 0 Å². The lowest BCUT2D eigenvalue weighted by Crippen LogP contribution is -2.06. The first-order valence-electron chi connectivity index (χ1n) is 13.2. The Balaban J connectivity index is 1.46. The Morgan fingerprint density at radius 2 is 0.659 bits per heavy atom. The molecule has 0 saturated heterocycles. The van der Waals surface area contributed by atoms with Crippen LogP contribution in [0.15, 0.2) is 168 Å². The highest BCUT2D eigenvalue weighted by atomic mass is 32.2. The van der Waals surface area contributed by atoms with E-state index in [1.54, 1.807) is 24.3 Å². The molecule has 0 atom stereocenters. The van der Waals surface area contributed by atoms with Crippen LogP contribution in [0.2, 0.25) is 0 Å². The van der Waals surface area contributed by atoms with Gasteiger partial charge in [0.05, 0.1) is 9.79 Å². The zero-order valence-electron chi connectivity index (χ0n) is 22.1. The standard InChI is InChI=1S/C36H26O4S/c37-41(38,35-25-13-9-21-31(35)29-19-7-11-23-33(29)39-27-15-3-1-4-16-27)36-26-14-10-22-32(36)30-20-8-12-24-34(30)40-28-17-5-2-6-18-28/h1-26H. The molecule has 0 aromatic heterocycles. The number of ether oxygens (including phenoxy) is 2. The molecule has 6 aromatic carbocycles. The van der Waals surface area contributed by atoms with Crippen molar-refractivity contribution in [3.05, 3.63) is 158 Å². The normalized spacial score (nSPS) is 11.1. The van der Waals surface area contributed by atoms with Crippen LogP contribution >= 0.6 is 0 Å². The van der Waals surface area contributed by atoms with E-state index in [1.165, 1.54) is 0 Å². The van der Waals surface area contributed by atoms with E-state index in [-0.39, 0.29) is 9.79 Å². The van der Waals surface area contributed by atoms with E-state index in [9.17, 15) is 8.42 Å². The average Bonchev–Trinajstić information content (AvgIpc) is 3.03. The summed E-state index contributed by atoms with van der Waals surface area (Å²) in [5.74, 6) is 2.47. The Labute approximate surface area is 240 Å². The number of para-hydroxylation sites is 4. The maximum Gasteiger partial charge on any atom is 0.207 e. The second kappa shape index (κ2) is 11.5. The Hall–Kier alpha value is -5.13. The summed E-state index contributed by atoms with van der Waals surface area (Å²) < 4.78 is 41.3. The summed E-state index contributed by atoms with van der Waals surface area (Å²) in [4.78, 5) is 0.385. The van der Waals surface area contributed by atoms with Crippen molar-refractivity contribution in [2.45, 2.75) is 9.79 Å². The molecule has 41 heavy (non-hydrogen) atoms. The first-order valence-corrected chi connectivity index (χ1v) is 14.7. The van der Waals surface area contributed by atoms with Crippen molar-refractivity contribution in [2.75, 3.05) is 0 Å². The fourth-order valence-electron chi connectivity index (χ4n) is 4.75. The van der Waals surface area contributed by atoms with Gasteiger partial charge in [-0.1, -0.05) is 109 Å². The molecule has 200 valence electrons. The molecular weight excluding hydrogens is 528 g/mol. The van der Waals surface area contributed by atoms with Gasteiger partial charge in [-0.3, -0.25) is 0 Å². The van der Waals surface area contributed by atoms with Crippen molar-refractivity contribution in [3.8, 4) is 45.3 Å². The molecule has 5 heteroatoms. The van der Waals surface area contributed by atoms with Crippen LogP contribution in [0.4, 0.5) is 0 Å². The molecule has 6 rings (SSSR count). The largest absolute Gasteiger partial charge is 0.457 e. The number of hydrogen-bond donors (Lipinski definition) is 0. The Kier molecular flexibility index (Phi) is 7.35. The van der Waals surface area contributed by atoms with Crippen LogP contribution in [0, 0.1) is 0 Å². The third-order valence-electron chi connectivity index (χ3n) is 6.65. The first kappa shape index (κ1) is 26.1. The van der Waals surface area contributed by atoms with E-state index < -0.39 is 9.84 Å². The van der Waals surface area contributed by atoms with Gasteiger partial charge in [0.15, 0.2) is 0 Å². The van der Waals surface area contributed by atoms with Crippen molar-refractivity contribution >= 4 is 9.84 Å². The lowest BCUT2D eigenvalue weighted by atomic mass is 10.0. The molecule has 0 bridgehead atoms.